The lowest BCUT2D eigenvalue weighted by molar-refractivity contribution is 0.0607. The fourth-order valence-corrected chi connectivity index (χ4v) is 3.63. The highest BCUT2D eigenvalue weighted by atomic mass is 79.9. The fourth-order valence-electron chi connectivity index (χ4n) is 2.17. The first-order chi connectivity index (χ1) is 9.66. The van der Waals surface area contributed by atoms with Crippen molar-refractivity contribution in [1.82, 2.24) is 4.98 Å². The summed E-state index contributed by atoms with van der Waals surface area (Å²) in [6.45, 7) is 8.36. The van der Waals surface area contributed by atoms with E-state index in [-0.39, 0.29) is 5.41 Å². The molecule has 2 rings (SSSR count). The van der Waals surface area contributed by atoms with E-state index >= 15 is 0 Å². The molecular weight excluding hydrogens is 346 g/mol. The molecule has 1 N–H and O–H groups in total. The Hall–Kier alpha value is -0.710. The Balaban J connectivity index is 2.06. The first-order valence-corrected chi connectivity index (χ1v) is 8.75. The summed E-state index contributed by atoms with van der Waals surface area (Å²) in [5.74, 6) is 0. The summed E-state index contributed by atoms with van der Waals surface area (Å²) in [6.07, 6.45) is 1.22. The number of benzene rings is 1. The quantitative estimate of drug-likeness (QED) is 0.846. The maximum Gasteiger partial charge on any atom is 0.0957 e. The second kappa shape index (κ2) is 6.19. The van der Waals surface area contributed by atoms with Crippen LogP contribution in [0.3, 0.4) is 0 Å². The molecule has 0 amide bonds. The molecule has 0 aliphatic rings. The highest BCUT2D eigenvalue weighted by Crippen LogP contribution is 2.27. The minimum absolute atomic E-state index is 0.0618. The van der Waals surface area contributed by atoms with Crippen LogP contribution in [-0.4, -0.2) is 15.7 Å². The van der Waals surface area contributed by atoms with Crippen molar-refractivity contribution in [2.75, 3.05) is 0 Å². The minimum Gasteiger partial charge on any atom is -0.389 e. The number of aliphatic hydroxyl groups is 1. The molecule has 0 saturated carbocycles. The highest BCUT2D eigenvalue weighted by Gasteiger charge is 2.25. The number of nitrogens with zero attached hydrogens (tertiary/aromatic N) is 1. The first-order valence-electron chi connectivity index (χ1n) is 7.07. The van der Waals surface area contributed by atoms with E-state index in [1.54, 1.807) is 11.3 Å². The number of rotatable bonds is 4. The van der Waals surface area contributed by atoms with Crippen LogP contribution >= 0.6 is 27.3 Å². The van der Waals surface area contributed by atoms with Gasteiger partial charge in [0.2, 0.25) is 0 Å². The molecule has 0 aliphatic carbocycles. The average Bonchev–Trinajstić information content (AvgIpc) is 2.79. The average molecular weight is 368 g/mol. The van der Waals surface area contributed by atoms with Gasteiger partial charge in [-0.25, -0.2) is 4.98 Å². The van der Waals surface area contributed by atoms with Crippen molar-refractivity contribution < 1.29 is 5.11 Å². The molecule has 0 radical (unpaired) electrons. The van der Waals surface area contributed by atoms with Gasteiger partial charge in [-0.3, -0.25) is 0 Å². The number of aromatic nitrogens is 1. The van der Waals surface area contributed by atoms with Gasteiger partial charge in [-0.2, -0.15) is 0 Å². The summed E-state index contributed by atoms with van der Waals surface area (Å²) in [6, 6.07) is 8.10. The van der Waals surface area contributed by atoms with Crippen molar-refractivity contribution in [3.63, 3.8) is 0 Å². The normalized spacial score (nSPS) is 15.0. The Labute approximate surface area is 139 Å². The fraction of sp³-hybridized carbons (Fsp3) is 0.471. The van der Waals surface area contributed by atoms with Crippen LogP contribution in [-0.2, 0) is 18.3 Å². The molecule has 4 heteroatoms. The van der Waals surface area contributed by atoms with Crippen LogP contribution in [0.1, 0.15) is 44.0 Å². The summed E-state index contributed by atoms with van der Waals surface area (Å²) in [7, 11) is 0. The van der Waals surface area contributed by atoms with Crippen molar-refractivity contribution in [3.05, 3.63) is 50.4 Å². The van der Waals surface area contributed by atoms with Gasteiger partial charge in [-0.15, -0.1) is 11.3 Å². The second-order valence-electron chi connectivity index (χ2n) is 6.85. The lowest BCUT2D eigenvalue weighted by Crippen LogP contribution is -2.30. The summed E-state index contributed by atoms with van der Waals surface area (Å²) >= 11 is 5.07. The molecule has 1 atom stereocenters. The number of hydrogen-bond donors (Lipinski definition) is 1. The third kappa shape index (κ3) is 4.90. The van der Waals surface area contributed by atoms with Crippen molar-refractivity contribution >= 4 is 27.3 Å². The molecule has 1 aromatic carbocycles. The molecule has 21 heavy (non-hydrogen) atoms. The molecule has 1 aromatic heterocycles. The largest absolute Gasteiger partial charge is 0.389 e. The molecular formula is C17H22BrNOS. The standard InChI is InChI=1S/C17H22BrNOS/c1-16(2,3)14-11-21-15(19-14)10-17(4,20)9-12-5-7-13(18)8-6-12/h5-8,11,20H,9-10H2,1-4H3. The molecule has 2 nitrogen and oxygen atoms in total. The van der Waals surface area contributed by atoms with Crippen LogP contribution in [0, 0.1) is 0 Å². The Bertz CT molecular complexity index is 596. The van der Waals surface area contributed by atoms with E-state index in [0.717, 1.165) is 20.7 Å². The molecule has 2 aromatic rings. The molecule has 0 spiro atoms. The molecule has 0 bridgehead atoms. The van der Waals surface area contributed by atoms with Crippen LogP contribution in [0.15, 0.2) is 34.1 Å². The van der Waals surface area contributed by atoms with Gasteiger partial charge >= 0.3 is 0 Å². The van der Waals surface area contributed by atoms with E-state index < -0.39 is 5.60 Å². The maximum absolute atomic E-state index is 10.7. The predicted octanol–water partition coefficient (Wildman–Crippen LogP) is 4.74. The van der Waals surface area contributed by atoms with Crippen LogP contribution in [0.2, 0.25) is 0 Å². The summed E-state index contributed by atoms with van der Waals surface area (Å²) in [4.78, 5) is 4.67. The lowest BCUT2D eigenvalue weighted by atomic mass is 9.92. The van der Waals surface area contributed by atoms with Gasteiger partial charge in [0, 0.05) is 28.1 Å². The van der Waals surface area contributed by atoms with E-state index in [1.165, 1.54) is 0 Å². The summed E-state index contributed by atoms with van der Waals surface area (Å²) in [5, 5.41) is 13.8. The summed E-state index contributed by atoms with van der Waals surface area (Å²) < 4.78 is 1.06. The molecule has 0 aliphatic heterocycles. The van der Waals surface area contributed by atoms with Crippen molar-refractivity contribution in [2.24, 2.45) is 0 Å². The van der Waals surface area contributed by atoms with Gasteiger partial charge in [0.15, 0.2) is 0 Å². The lowest BCUT2D eigenvalue weighted by Gasteiger charge is -2.22. The van der Waals surface area contributed by atoms with Gasteiger partial charge < -0.3 is 5.11 Å². The number of halogens is 1. The molecule has 0 fully saturated rings. The maximum atomic E-state index is 10.7. The van der Waals surface area contributed by atoms with Gasteiger partial charge in [0.25, 0.3) is 0 Å². The van der Waals surface area contributed by atoms with Gasteiger partial charge in [-0.05, 0) is 24.6 Å². The Morgan fingerprint density at radius 3 is 2.24 bits per heavy atom. The molecule has 114 valence electrons. The van der Waals surface area contributed by atoms with Gasteiger partial charge in [-0.1, -0.05) is 48.8 Å². The van der Waals surface area contributed by atoms with Gasteiger partial charge in [0.05, 0.1) is 16.3 Å². The topological polar surface area (TPSA) is 33.1 Å². The van der Waals surface area contributed by atoms with E-state index in [1.807, 2.05) is 31.2 Å². The monoisotopic (exact) mass is 367 g/mol. The minimum atomic E-state index is -0.777. The summed E-state index contributed by atoms with van der Waals surface area (Å²) in [5.41, 5.74) is 1.52. The zero-order valence-electron chi connectivity index (χ0n) is 13.0. The Morgan fingerprint density at radius 2 is 1.71 bits per heavy atom. The van der Waals surface area contributed by atoms with Crippen LogP contribution < -0.4 is 0 Å². The third-order valence-electron chi connectivity index (χ3n) is 3.35. The van der Waals surface area contributed by atoms with Crippen molar-refractivity contribution in [2.45, 2.75) is 51.6 Å². The van der Waals surface area contributed by atoms with E-state index in [9.17, 15) is 5.11 Å². The smallest absolute Gasteiger partial charge is 0.0957 e. The highest BCUT2D eigenvalue weighted by molar-refractivity contribution is 9.10. The predicted molar refractivity (Wildman–Crippen MR) is 93.0 cm³/mol. The van der Waals surface area contributed by atoms with Crippen molar-refractivity contribution in [1.29, 1.82) is 0 Å². The first kappa shape index (κ1) is 16.7. The zero-order chi connectivity index (χ0) is 15.7. The van der Waals surface area contributed by atoms with E-state index in [0.29, 0.717) is 12.8 Å². The molecule has 1 unspecified atom stereocenters. The zero-order valence-corrected chi connectivity index (χ0v) is 15.4. The number of hydrogen-bond acceptors (Lipinski definition) is 3. The Kier molecular flexibility index (Phi) is 4.91. The SMILES string of the molecule is CC(O)(Cc1ccc(Br)cc1)Cc1nc(C(C)(C)C)cs1. The third-order valence-corrected chi connectivity index (χ3v) is 4.73. The van der Waals surface area contributed by atoms with Crippen LogP contribution in [0.5, 0.6) is 0 Å². The molecule has 0 saturated heterocycles. The van der Waals surface area contributed by atoms with Gasteiger partial charge in [0.1, 0.15) is 0 Å². The number of thiazole rings is 1. The second-order valence-corrected chi connectivity index (χ2v) is 8.71. The Morgan fingerprint density at radius 1 is 1.10 bits per heavy atom. The van der Waals surface area contributed by atoms with Crippen molar-refractivity contribution in [3.8, 4) is 0 Å². The van der Waals surface area contributed by atoms with Crippen LogP contribution in [0.4, 0.5) is 0 Å². The van der Waals surface area contributed by atoms with E-state index in [2.05, 4.69) is 47.1 Å². The van der Waals surface area contributed by atoms with E-state index in [4.69, 9.17) is 0 Å². The molecule has 1 heterocycles. The van der Waals surface area contributed by atoms with Crippen LogP contribution in [0.25, 0.3) is 0 Å².